The third-order valence-electron chi connectivity index (χ3n) is 7.90. The van der Waals surface area contributed by atoms with Crippen molar-refractivity contribution in [3.05, 3.63) is 84.0 Å². The van der Waals surface area contributed by atoms with Gasteiger partial charge in [0.1, 0.15) is 75.9 Å². The van der Waals surface area contributed by atoms with Gasteiger partial charge in [0.2, 0.25) is 11.8 Å². The van der Waals surface area contributed by atoms with Crippen LogP contribution >= 0.6 is 8.17 Å². The number of benzene rings is 1. The number of phosphoric ester groups is 1. The number of nitrogens with one attached hydrogen (secondary N) is 3. The number of carbonyl (C=O) groups excluding carboxylic acids is 5. The standard InChI is InChI=1S/C37H51N6O15P/c1-8-18-52-37(49)39-28(34(46)38-25(3)35(47)51-20-17-43(5,6)7)23-54-59(50,58-53-19-9-2)55-24-30-29(56-26(4)44)22-33(57-30)42-16-15-31(41-36(42)48)40-32(45)21-27-13-11-10-12-14-27/h8-16,25,28-30,33H,1-2,17-24H2,3-7H3,(H2-,38,39,40,41,45,46,48,49)/p+1/t25-,28-,29-,30+,33+,59?/m0/s1. The Labute approximate surface area is 341 Å². The molecule has 3 amide bonds. The van der Waals surface area contributed by atoms with E-state index in [2.05, 4.69) is 34.1 Å². The van der Waals surface area contributed by atoms with Crippen LogP contribution < -0.4 is 26.5 Å². The molecule has 59 heavy (non-hydrogen) atoms. The second-order valence-corrected chi connectivity index (χ2v) is 15.5. The maximum absolute atomic E-state index is 13.9. The van der Waals surface area contributed by atoms with Crippen LogP contribution in [0.2, 0.25) is 0 Å². The summed E-state index contributed by atoms with van der Waals surface area (Å²) in [5, 5.41) is 7.22. The van der Waals surface area contributed by atoms with Gasteiger partial charge in [-0.1, -0.05) is 49.1 Å². The number of esters is 2. The first-order valence-electron chi connectivity index (χ1n) is 18.3. The molecule has 6 atom stereocenters. The Morgan fingerprint density at radius 1 is 1.05 bits per heavy atom. The Kier molecular flexibility index (Phi) is 19.2. The molecule has 2 heterocycles. The van der Waals surface area contributed by atoms with Crippen molar-refractivity contribution in [3.8, 4) is 0 Å². The molecule has 0 radical (unpaired) electrons. The molecule has 1 aliphatic rings. The van der Waals surface area contributed by atoms with Crippen molar-refractivity contribution >= 4 is 43.8 Å². The van der Waals surface area contributed by atoms with Crippen LogP contribution in [0.15, 0.2) is 72.7 Å². The molecular formula is C37H52N6O15P+. The molecule has 0 aliphatic carbocycles. The maximum Gasteiger partial charge on any atom is 0.421 e. The van der Waals surface area contributed by atoms with Crippen LogP contribution in [-0.2, 0) is 63.2 Å². The van der Waals surface area contributed by atoms with E-state index in [0.717, 1.165) is 17.1 Å². The monoisotopic (exact) mass is 851 g/mol. The van der Waals surface area contributed by atoms with Crippen molar-refractivity contribution in [2.75, 3.05) is 66.0 Å². The Hall–Kier alpha value is -5.12. The number of likely N-dealkylation sites (N-methyl/N-ethyl adjacent to an activating group) is 1. The molecule has 0 saturated carbocycles. The maximum atomic E-state index is 13.9. The lowest BCUT2D eigenvalue weighted by atomic mass is 10.1. The average Bonchev–Trinajstić information content (AvgIpc) is 3.56. The predicted molar refractivity (Wildman–Crippen MR) is 207 cm³/mol. The minimum atomic E-state index is -4.84. The van der Waals surface area contributed by atoms with Crippen molar-refractivity contribution in [1.82, 2.24) is 20.2 Å². The number of nitrogens with zero attached hydrogens (tertiary/aromatic N) is 3. The molecule has 324 valence electrons. The van der Waals surface area contributed by atoms with Gasteiger partial charge in [0.05, 0.1) is 27.6 Å². The third-order valence-corrected chi connectivity index (χ3v) is 9.12. The summed E-state index contributed by atoms with van der Waals surface area (Å²) in [7, 11) is 0.874. The van der Waals surface area contributed by atoms with E-state index in [0.29, 0.717) is 11.0 Å². The lowest BCUT2D eigenvalue weighted by molar-refractivity contribution is -0.870. The van der Waals surface area contributed by atoms with Crippen LogP contribution in [0, 0.1) is 0 Å². The van der Waals surface area contributed by atoms with Crippen LogP contribution in [0.1, 0.15) is 32.1 Å². The zero-order chi connectivity index (χ0) is 43.6. The molecule has 1 fully saturated rings. The van der Waals surface area contributed by atoms with E-state index in [1.165, 1.54) is 31.3 Å². The Morgan fingerprint density at radius 3 is 2.41 bits per heavy atom. The normalized spacial score (nSPS) is 18.3. The molecule has 0 bridgehead atoms. The van der Waals surface area contributed by atoms with E-state index in [-0.39, 0.29) is 38.5 Å². The number of anilines is 1. The lowest BCUT2D eigenvalue weighted by Gasteiger charge is -2.27. The molecular weight excluding hydrogens is 799 g/mol. The van der Waals surface area contributed by atoms with E-state index >= 15 is 0 Å². The predicted octanol–water partition coefficient (Wildman–Crippen LogP) is 0.884. The van der Waals surface area contributed by atoms with Crippen molar-refractivity contribution in [1.29, 1.82) is 0 Å². The second kappa shape index (κ2) is 23.5. The lowest BCUT2D eigenvalue weighted by Crippen LogP contribution is -2.53. The molecule has 1 unspecified atom stereocenters. The molecule has 1 aliphatic heterocycles. The summed E-state index contributed by atoms with van der Waals surface area (Å²) in [6, 6.07) is 7.52. The first-order valence-corrected chi connectivity index (χ1v) is 19.8. The zero-order valence-electron chi connectivity index (χ0n) is 33.6. The molecule has 0 spiro atoms. The van der Waals surface area contributed by atoms with Gasteiger partial charge in [0, 0.05) is 19.5 Å². The summed E-state index contributed by atoms with van der Waals surface area (Å²) in [5.41, 5.74) is -0.0442. The van der Waals surface area contributed by atoms with E-state index in [9.17, 15) is 33.7 Å². The topological polar surface area (TPSA) is 253 Å². The number of carbonyl (C=O) groups is 5. The fourth-order valence-corrected chi connectivity index (χ4v) is 6.01. The number of hydrogen-bond acceptors (Lipinski definition) is 16. The third kappa shape index (κ3) is 17.3. The number of amides is 3. The van der Waals surface area contributed by atoms with Gasteiger partial charge in [0.15, 0.2) is 0 Å². The zero-order valence-corrected chi connectivity index (χ0v) is 34.5. The van der Waals surface area contributed by atoms with Crippen LogP contribution in [0.25, 0.3) is 0 Å². The van der Waals surface area contributed by atoms with Crippen molar-refractivity contribution in [2.24, 2.45) is 0 Å². The van der Waals surface area contributed by atoms with Gasteiger partial charge in [0.25, 0.3) is 0 Å². The number of quaternary nitrogens is 1. The Balaban J connectivity index is 1.73. The molecule has 1 aromatic carbocycles. The number of rotatable bonds is 24. The number of hydrogen-bond donors (Lipinski definition) is 3. The summed E-state index contributed by atoms with van der Waals surface area (Å²) in [5.74, 6) is -2.82. The second-order valence-electron chi connectivity index (χ2n) is 13.9. The van der Waals surface area contributed by atoms with E-state index in [1.807, 2.05) is 27.2 Å². The SMILES string of the molecule is C=CCOO[P+]([O-])(OC[C@H](NC(=O)OCC=C)C(=O)N[C@@H](C)C(=O)OCC[N+](C)(C)C)OC[C@H]1O[C@@H](n2ccc(NC(=O)Cc3ccccc3)nc2=O)C[C@@H]1OC(C)=O. The van der Waals surface area contributed by atoms with Gasteiger partial charge in [-0.05, 0) is 23.2 Å². The largest absolute Gasteiger partial charge is 0.603 e. The van der Waals surface area contributed by atoms with Gasteiger partial charge in [-0.2, -0.15) is 18.9 Å². The van der Waals surface area contributed by atoms with E-state index < -0.39 is 87.4 Å². The molecule has 1 aromatic heterocycles. The van der Waals surface area contributed by atoms with Crippen molar-refractivity contribution in [2.45, 2.75) is 57.2 Å². The highest BCUT2D eigenvalue weighted by Gasteiger charge is 2.45. The van der Waals surface area contributed by atoms with Crippen LogP contribution in [-0.4, -0.2) is 129 Å². The number of ether oxygens (including phenoxy) is 4. The summed E-state index contributed by atoms with van der Waals surface area (Å²) in [4.78, 5) is 98.6. The molecule has 2 aromatic rings. The van der Waals surface area contributed by atoms with Gasteiger partial charge >= 0.3 is 31.9 Å². The highest BCUT2D eigenvalue weighted by Crippen LogP contribution is 2.54. The highest BCUT2D eigenvalue weighted by atomic mass is 31.2. The van der Waals surface area contributed by atoms with Gasteiger partial charge < -0.3 is 44.3 Å². The minimum absolute atomic E-state index is 0.00308. The smallest absolute Gasteiger partial charge is 0.421 e. The number of aromatic nitrogens is 2. The van der Waals surface area contributed by atoms with Crippen LogP contribution in [0.3, 0.4) is 0 Å². The summed E-state index contributed by atoms with van der Waals surface area (Å²) in [6.07, 6.45) is -0.560. The minimum Gasteiger partial charge on any atom is -0.603 e. The van der Waals surface area contributed by atoms with E-state index in [4.69, 9.17) is 37.6 Å². The first kappa shape index (κ1) is 48.3. The van der Waals surface area contributed by atoms with Gasteiger partial charge in [-0.25, -0.2) is 14.4 Å². The fraction of sp³-hybridized carbons (Fsp3) is 0.486. The number of alkyl carbamates (subject to hydrolysis) is 1. The fourth-order valence-electron chi connectivity index (χ4n) is 5.00. The molecule has 3 rings (SSSR count). The van der Waals surface area contributed by atoms with Gasteiger partial charge in [-0.3, -0.25) is 19.0 Å². The summed E-state index contributed by atoms with van der Waals surface area (Å²) < 4.78 is 39.0. The molecule has 3 N–H and O–H groups in total. The highest BCUT2D eigenvalue weighted by molar-refractivity contribution is 7.53. The molecule has 21 nitrogen and oxygen atoms in total. The average molecular weight is 852 g/mol. The Bertz CT molecular complexity index is 1810. The summed E-state index contributed by atoms with van der Waals surface area (Å²) >= 11 is 0. The van der Waals surface area contributed by atoms with Gasteiger partial charge in [-0.15, -0.1) is 6.58 Å². The molecule has 1 saturated heterocycles. The van der Waals surface area contributed by atoms with E-state index in [1.54, 1.807) is 24.3 Å². The summed E-state index contributed by atoms with van der Waals surface area (Å²) in [6.45, 7) is 7.95. The number of phosphoric acid groups is 1. The van der Waals surface area contributed by atoms with Crippen molar-refractivity contribution in [3.63, 3.8) is 0 Å². The van der Waals surface area contributed by atoms with Crippen LogP contribution in [0.4, 0.5) is 10.6 Å². The quantitative estimate of drug-likeness (QED) is 0.0194. The van der Waals surface area contributed by atoms with Crippen molar-refractivity contribution < 1.29 is 70.9 Å². The first-order chi connectivity index (χ1) is 27.9. The molecule has 22 heteroatoms. The van der Waals surface area contributed by atoms with Crippen LogP contribution in [0.5, 0.6) is 0 Å². The Morgan fingerprint density at radius 2 is 1.76 bits per heavy atom.